The van der Waals surface area contributed by atoms with Gasteiger partial charge in [0.05, 0.1) is 32.5 Å². The van der Waals surface area contributed by atoms with E-state index >= 15 is 0 Å². The highest BCUT2D eigenvalue weighted by Crippen LogP contribution is 2.31. The van der Waals surface area contributed by atoms with Crippen LogP contribution >= 0.6 is 0 Å². The minimum absolute atomic E-state index is 0.0168. The van der Waals surface area contributed by atoms with Gasteiger partial charge in [0.1, 0.15) is 91.5 Å². The molecule has 0 aromatic heterocycles. The van der Waals surface area contributed by atoms with Crippen LogP contribution in [-0.4, -0.2) is 235 Å². The molecule has 4 heterocycles. The number of amides is 1. The molecule has 1 amide bonds. The fraction of sp³-hybridized carbons (Fsp3) is 0.968. The maximum Gasteiger partial charge on any atom is 0.217 e. The molecule has 4 fully saturated rings. The molecule has 20 atom stereocenters. The van der Waals surface area contributed by atoms with Crippen LogP contribution in [0.15, 0.2) is 0 Å². The van der Waals surface area contributed by atoms with Crippen molar-refractivity contribution in [3.8, 4) is 0 Å². The summed E-state index contributed by atoms with van der Waals surface area (Å²) in [5.74, 6) is -0.604. The zero-order valence-corrected chi connectivity index (χ0v) is 29.5. The molecule has 54 heavy (non-hydrogen) atoms. The molecule has 15 N–H and O–H groups in total. The Labute approximate surface area is 309 Å². The van der Waals surface area contributed by atoms with E-state index in [0.717, 1.165) is 6.92 Å². The number of aliphatic hydroxyl groups excluding tert-OH is 13. The number of carbonyl (C=O) groups excluding carboxylic acids is 1. The van der Waals surface area contributed by atoms with E-state index in [1.807, 2.05) is 0 Å². The molecule has 23 heteroatoms. The minimum atomic E-state index is -1.80. The van der Waals surface area contributed by atoms with E-state index in [9.17, 15) is 71.2 Å². The summed E-state index contributed by atoms with van der Waals surface area (Å²) in [4.78, 5) is 11.8. The van der Waals surface area contributed by atoms with Crippen LogP contribution in [0.4, 0.5) is 0 Å². The minimum Gasteiger partial charge on any atom is -0.394 e. The van der Waals surface area contributed by atoms with Crippen LogP contribution in [0.3, 0.4) is 0 Å². The van der Waals surface area contributed by atoms with Gasteiger partial charge in [0.15, 0.2) is 25.2 Å². The van der Waals surface area contributed by atoms with E-state index in [1.54, 1.807) is 0 Å². The van der Waals surface area contributed by atoms with Gasteiger partial charge >= 0.3 is 0 Å². The average Bonchev–Trinajstić information content (AvgIpc) is 3.15. The molecule has 0 unspecified atom stereocenters. The highest BCUT2D eigenvalue weighted by atomic mass is 16.7. The molecule has 0 aliphatic carbocycles. The summed E-state index contributed by atoms with van der Waals surface area (Å²) < 4.78 is 38.9. The first kappa shape index (κ1) is 45.3. The van der Waals surface area contributed by atoms with Crippen molar-refractivity contribution < 1.29 is 104 Å². The van der Waals surface area contributed by atoms with Gasteiger partial charge in [-0.3, -0.25) is 4.79 Å². The first-order chi connectivity index (χ1) is 25.7. The van der Waals surface area contributed by atoms with Crippen molar-refractivity contribution in [3.05, 3.63) is 0 Å². The maximum absolute atomic E-state index is 11.8. The molecular formula is C31H56N2O21. The standard InChI is InChI=1S/C31H56N2O21/c1-11(38)33-17-20(41)18(39)12(7-34)50-29(17)53-26-14(9-36)49-28(47)16(21(26)42)32-5-3-2-4-6-48-30-25(46)23(44)27(15(10-37)52-30)54-31-24(45)22(43)19(40)13(8-35)51-31/h12-32,34-37,39-47H,2-10H2,1H3,(H,33,38)/t12-,13-,14-,15-,16-,17-,18-,19+,20-,21-,22+,23-,24-,25-,26-,27-,28-,29+,30-,31+/m1/s1. The lowest BCUT2D eigenvalue weighted by Crippen LogP contribution is -2.68. The number of nitrogens with one attached hydrogen (secondary N) is 2. The van der Waals surface area contributed by atoms with Crippen LogP contribution in [0, 0.1) is 0 Å². The Hall–Kier alpha value is -1.37. The predicted octanol–water partition coefficient (Wildman–Crippen LogP) is -8.85. The van der Waals surface area contributed by atoms with Crippen molar-refractivity contribution >= 4 is 5.91 Å². The second kappa shape index (κ2) is 20.9. The Bertz CT molecular complexity index is 1130. The summed E-state index contributed by atoms with van der Waals surface area (Å²) in [5.41, 5.74) is 0. The Morgan fingerprint density at radius 1 is 0.537 bits per heavy atom. The SMILES string of the molecule is CC(=O)N[C@H]1[C@H](O[C@H]2[C@H](O)[C@@H](NCCCCCO[C@@H]3O[C@H](CO)[C@@H](O[C@@H]4O[C@H](CO)[C@H](O)[C@H](O)[C@H]4O)[C@H](O)[C@H]3O)[C@H](O)O[C@@H]2CO)O[C@H](CO)[C@@H](O)[C@@H]1O. The number of unbranched alkanes of at least 4 members (excludes halogenated alkanes) is 2. The molecule has 0 spiro atoms. The summed E-state index contributed by atoms with van der Waals surface area (Å²) >= 11 is 0. The Morgan fingerprint density at radius 2 is 1.06 bits per heavy atom. The number of hydrogen-bond donors (Lipinski definition) is 15. The van der Waals surface area contributed by atoms with E-state index < -0.39 is 155 Å². The number of carbonyl (C=O) groups is 1. The van der Waals surface area contributed by atoms with Crippen molar-refractivity contribution in [2.45, 2.75) is 149 Å². The number of ether oxygens (including phenoxy) is 7. The Balaban J connectivity index is 1.24. The second-order valence-electron chi connectivity index (χ2n) is 13.7. The molecule has 4 rings (SSSR count). The largest absolute Gasteiger partial charge is 0.394 e. The first-order valence-corrected chi connectivity index (χ1v) is 17.8. The number of rotatable bonds is 17. The zero-order valence-electron chi connectivity index (χ0n) is 29.5. The third-order valence-corrected chi connectivity index (χ3v) is 9.86. The van der Waals surface area contributed by atoms with Crippen molar-refractivity contribution in [2.24, 2.45) is 0 Å². The van der Waals surface area contributed by atoms with Gasteiger partial charge in [-0.05, 0) is 25.8 Å². The molecule has 0 saturated carbocycles. The van der Waals surface area contributed by atoms with Crippen LogP contribution < -0.4 is 10.6 Å². The topological polar surface area (TPSA) is 369 Å². The normalized spacial score (nSPS) is 46.0. The van der Waals surface area contributed by atoms with Crippen LogP contribution in [-0.2, 0) is 38.0 Å². The molecule has 4 saturated heterocycles. The van der Waals surface area contributed by atoms with Gasteiger partial charge in [-0.15, -0.1) is 0 Å². The van der Waals surface area contributed by atoms with E-state index in [0.29, 0.717) is 19.3 Å². The lowest BCUT2D eigenvalue weighted by Gasteiger charge is -2.47. The summed E-state index contributed by atoms with van der Waals surface area (Å²) in [6.45, 7) is -1.48. The van der Waals surface area contributed by atoms with Crippen LogP contribution in [0.5, 0.6) is 0 Å². The Morgan fingerprint density at radius 3 is 1.67 bits per heavy atom. The molecule has 316 valence electrons. The predicted molar refractivity (Wildman–Crippen MR) is 172 cm³/mol. The summed E-state index contributed by atoms with van der Waals surface area (Å²) in [7, 11) is 0. The number of aliphatic hydroxyl groups is 13. The van der Waals surface area contributed by atoms with E-state index in [-0.39, 0.29) is 13.2 Å². The molecular weight excluding hydrogens is 736 g/mol. The molecule has 0 aromatic rings. The molecule has 0 bridgehead atoms. The van der Waals surface area contributed by atoms with Gasteiger partial charge in [0, 0.05) is 13.5 Å². The molecule has 0 radical (unpaired) electrons. The molecule has 0 aromatic carbocycles. The summed E-state index contributed by atoms with van der Waals surface area (Å²) in [6.07, 6.45) is -26.2. The van der Waals surface area contributed by atoms with Gasteiger partial charge in [-0.25, -0.2) is 0 Å². The van der Waals surface area contributed by atoms with Gasteiger partial charge in [0.2, 0.25) is 5.91 Å². The Kier molecular flexibility index (Phi) is 17.5. The van der Waals surface area contributed by atoms with Crippen LogP contribution in [0.25, 0.3) is 0 Å². The fourth-order valence-corrected chi connectivity index (χ4v) is 6.78. The van der Waals surface area contributed by atoms with Crippen molar-refractivity contribution in [1.29, 1.82) is 0 Å². The van der Waals surface area contributed by atoms with Crippen LogP contribution in [0.1, 0.15) is 26.2 Å². The van der Waals surface area contributed by atoms with E-state index in [4.69, 9.17) is 33.2 Å². The maximum atomic E-state index is 11.8. The van der Waals surface area contributed by atoms with Gasteiger partial charge in [-0.2, -0.15) is 0 Å². The fourth-order valence-electron chi connectivity index (χ4n) is 6.78. The highest BCUT2D eigenvalue weighted by molar-refractivity contribution is 5.73. The monoisotopic (exact) mass is 792 g/mol. The number of hydrogen-bond acceptors (Lipinski definition) is 22. The quantitative estimate of drug-likeness (QED) is 0.0608. The zero-order chi connectivity index (χ0) is 39.9. The molecule has 4 aliphatic rings. The summed E-state index contributed by atoms with van der Waals surface area (Å²) in [6, 6.07) is -2.49. The summed E-state index contributed by atoms with van der Waals surface area (Å²) in [5, 5.41) is 138. The van der Waals surface area contributed by atoms with Crippen molar-refractivity contribution in [3.63, 3.8) is 0 Å². The van der Waals surface area contributed by atoms with Crippen LogP contribution in [0.2, 0.25) is 0 Å². The molecule has 23 nitrogen and oxygen atoms in total. The van der Waals surface area contributed by atoms with Gasteiger partial charge in [0.25, 0.3) is 0 Å². The van der Waals surface area contributed by atoms with E-state index in [1.165, 1.54) is 0 Å². The smallest absolute Gasteiger partial charge is 0.217 e. The van der Waals surface area contributed by atoms with Crippen molar-refractivity contribution in [1.82, 2.24) is 10.6 Å². The molecule has 4 aliphatic heterocycles. The van der Waals surface area contributed by atoms with Gasteiger partial charge < -0.3 is 110 Å². The third kappa shape index (κ3) is 10.6. The lowest BCUT2D eigenvalue weighted by atomic mass is 9.94. The first-order valence-electron chi connectivity index (χ1n) is 17.8. The average molecular weight is 793 g/mol. The third-order valence-electron chi connectivity index (χ3n) is 9.86. The lowest BCUT2D eigenvalue weighted by molar-refractivity contribution is -0.359. The van der Waals surface area contributed by atoms with E-state index in [2.05, 4.69) is 10.6 Å². The van der Waals surface area contributed by atoms with Gasteiger partial charge in [-0.1, -0.05) is 0 Å². The second-order valence-corrected chi connectivity index (χ2v) is 13.7. The highest BCUT2D eigenvalue weighted by Gasteiger charge is 2.52. The van der Waals surface area contributed by atoms with Crippen molar-refractivity contribution in [2.75, 3.05) is 39.6 Å².